The zero-order valence-corrected chi connectivity index (χ0v) is 13.9. The molecule has 2 rings (SSSR count). The standard InChI is InChI=1S/C18H27NO3/c1-13-7-4-5-9-15(13)19-17(20)12-11-14-8-6-10-16(21-2)18(14)22-3/h6,8,10,13,15H,4-5,7,9,11-12H2,1-3H3,(H,19,20)/t13-,15-/m1/s1. The van der Waals surface area contributed by atoms with Gasteiger partial charge in [-0.1, -0.05) is 31.9 Å². The highest BCUT2D eigenvalue weighted by atomic mass is 16.5. The van der Waals surface area contributed by atoms with E-state index in [2.05, 4.69) is 12.2 Å². The van der Waals surface area contributed by atoms with Gasteiger partial charge in [-0.05, 0) is 36.8 Å². The molecule has 1 amide bonds. The Hall–Kier alpha value is -1.71. The van der Waals surface area contributed by atoms with Crippen molar-refractivity contribution in [2.45, 2.75) is 51.5 Å². The van der Waals surface area contributed by atoms with Gasteiger partial charge in [-0.3, -0.25) is 4.79 Å². The van der Waals surface area contributed by atoms with Crippen LogP contribution in [0.5, 0.6) is 11.5 Å². The smallest absolute Gasteiger partial charge is 0.220 e. The van der Waals surface area contributed by atoms with Crippen LogP contribution in [0.4, 0.5) is 0 Å². The van der Waals surface area contributed by atoms with Crippen molar-refractivity contribution in [3.8, 4) is 11.5 Å². The number of rotatable bonds is 6. The number of benzene rings is 1. The monoisotopic (exact) mass is 305 g/mol. The number of ether oxygens (including phenoxy) is 2. The molecule has 0 spiro atoms. The van der Waals surface area contributed by atoms with Gasteiger partial charge in [0.25, 0.3) is 0 Å². The summed E-state index contributed by atoms with van der Waals surface area (Å²) in [5.41, 5.74) is 1.01. The van der Waals surface area contributed by atoms with E-state index in [0.29, 0.717) is 30.6 Å². The number of carbonyl (C=O) groups excluding carboxylic acids is 1. The molecule has 1 aliphatic carbocycles. The highest BCUT2D eigenvalue weighted by Gasteiger charge is 2.22. The minimum absolute atomic E-state index is 0.128. The van der Waals surface area contributed by atoms with Crippen molar-refractivity contribution in [1.82, 2.24) is 5.32 Å². The third-order valence-electron chi connectivity index (χ3n) is 4.56. The Kier molecular flexibility index (Phi) is 6.10. The van der Waals surface area contributed by atoms with Crippen LogP contribution in [0, 0.1) is 5.92 Å². The predicted molar refractivity (Wildman–Crippen MR) is 87.4 cm³/mol. The van der Waals surface area contributed by atoms with E-state index in [9.17, 15) is 4.79 Å². The molecule has 0 saturated heterocycles. The lowest BCUT2D eigenvalue weighted by Gasteiger charge is -2.29. The Bertz CT molecular complexity index is 501. The van der Waals surface area contributed by atoms with E-state index in [1.165, 1.54) is 19.3 Å². The lowest BCUT2D eigenvalue weighted by Crippen LogP contribution is -2.41. The molecule has 1 fully saturated rings. The average Bonchev–Trinajstić information content (AvgIpc) is 2.54. The maximum absolute atomic E-state index is 12.2. The fraction of sp³-hybridized carbons (Fsp3) is 0.611. The molecule has 1 N–H and O–H groups in total. The van der Waals surface area contributed by atoms with Gasteiger partial charge in [-0.25, -0.2) is 0 Å². The third-order valence-corrected chi connectivity index (χ3v) is 4.56. The Balaban J connectivity index is 1.91. The maximum atomic E-state index is 12.2. The zero-order chi connectivity index (χ0) is 15.9. The highest BCUT2D eigenvalue weighted by Crippen LogP contribution is 2.31. The summed E-state index contributed by atoms with van der Waals surface area (Å²) in [7, 11) is 3.25. The van der Waals surface area contributed by atoms with E-state index in [-0.39, 0.29) is 5.91 Å². The van der Waals surface area contributed by atoms with Crippen LogP contribution >= 0.6 is 0 Å². The SMILES string of the molecule is COc1cccc(CCC(=O)N[C@@H]2CCCC[C@H]2C)c1OC. The molecule has 122 valence electrons. The predicted octanol–water partition coefficient (Wildman–Crippen LogP) is 3.33. The van der Waals surface area contributed by atoms with Crippen molar-refractivity contribution in [3.05, 3.63) is 23.8 Å². The van der Waals surface area contributed by atoms with Crippen LogP contribution in [-0.4, -0.2) is 26.2 Å². The van der Waals surface area contributed by atoms with Crippen LogP contribution in [0.1, 0.15) is 44.6 Å². The van der Waals surface area contributed by atoms with Crippen LogP contribution in [-0.2, 0) is 11.2 Å². The number of hydrogen-bond acceptors (Lipinski definition) is 3. The second kappa shape index (κ2) is 8.06. The summed E-state index contributed by atoms with van der Waals surface area (Å²) < 4.78 is 10.7. The number of nitrogens with one attached hydrogen (secondary N) is 1. The molecule has 0 unspecified atom stereocenters. The topological polar surface area (TPSA) is 47.6 Å². The lowest BCUT2D eigenvalue weighted by atomic mass is 9.86. The van der Waals surface area contributed by atoms with E-state index in [0.717, 1.165) is 17.7 Å². The van der Waals surface area contributed by atoms with Crippen LogP contribution in [0.15, 0.2) is 18.2 Å². The van der Waals surface area contributed by atoms with Crippen LogP contribution in [0.2, 0.25) is 0 Å². The van der Waals surface area contributed by atoms with E-state index in [1.807, 2.05) is 18.2 Å². The first-order valence-corrected chi connectivity index (χ1v) is 8.15. The van der Waals surface area contributed by atoms with Gasteiger partial charge in [0.05, 0.1) is 14.2 Å². The Morgan fingerprint density at radius 3 is 2.68 bits per heavy atom. The number of para-hydroxylation sites is 1. The van der Waals surface area contributed by atoms with Crippen LogP contribution in [0.3, 0.4) is 0 Å². The van der Waals surface area contributed by atoms with E-state index >= 15 is 0 Å². The lowest BCUT2D eigenvalue weighted by molar-refractivity contribution is -0.122. The Morgan fingerprint density at radius 2 is 2.00 bits per heavy atom. The number of amides is 1. The molecule has 0 bridgehead atoms. The minimum Gasteiger partial charge on any atom is -0.493 e. The van der Waals surface area contributed by atoms with E-state index < -0.39 is 0 Å². The summed E-state index contributed by atoms with van der Waals surface area (Å²) in [5, 5.41) is 3.19. The largest absolute Gasteiger partial charge is 0.493 e. The van der Waals surface area contributed by atoms with Gasteiger partial charge < -0.3 is 14.8 Å². The van der Waals surface area contributed by atoms with Crippen molar-refractivity contribution >= 4 is 5.91 Å². The number of aryl methyl sites for hydroxylation is 1. The van der Waals surface area contributed by atoms with Gasteiger partial charge in [-0.2, -0.15) is 0 Å². The van der Waals surface area contributed by atoms with Crippen molar-refractivity contribution in [2.75, 3.05) is 14.2 Å². The molecule has 0 radical (unpaired) electrons. The molecule has 4 nitrogen and oxygen atoms in total. The van der Waals surface area contributed by atoms with Crippen molar-refractivity contribution < 1.29 is 14.3 Å². The molecule has 0 aliphatic heterocycles. The fourth-order valence-electron chi connectivity index (χ4n) is 3.21. The molecule has 1 aromatic carbocycles. The first kappa shape index (κ1) is 16.7. The maximum Gasteiger partial charge on any atom is 0.220 e. The van der Waals surface area contributed by atoms with Crippen molar-refractivity contribution in [3.63, 3.8) is 0 Å². The molecular weight excluding hydrogens is 278 g/mol. The second-order valence-electron chi connectivity index (χ2n) is 6.09. The molecule has 0 aromatic heterocycles. The summed E-state index contributed by atoms with van der Waals surface area (Å²) in [6.07, 6.45) is 5.97. The van der Waals surface area contributed by atoms with Gasteiger partial charge in [0.1, 0.15) is 0 Å². The second-order valence-corrected chi connectivity index (χ2v) is 6.09. The third kappa shape index (κ3) is 4.15. The highest BCUT2D eigenvalue weighted by molar-refractivity contribution is 5.76. The van der Waals surface area contributed by atoms with Crippen LogP contribution in [0.25, 0.3) is 0 Å². The summed E-state index contributed by atoms with van der Waals surface area (Å²) in [5.74, 6) is 2.15. The minimum atomic E-state index is 0.128. The van der Waals surface area contributed by atoms with E-state index in [1.54, 1.807) is 14.2 Å². The number of carbonyl (C=O) groups is 1. The molecule has 1 aliphatic rings. The molecule has 0 heterocycles. The van der Waals surface area contributed by atoms with Crippen molar-refractivity contribution in [1.29, 1.82) is 0 Å². The average molecular weight is 305 g/mol. The first-order chi connectivity index (χ1) is 10.7. The molecule has 4 heteroatoms. The summed E-state index contributed by atoms with van der Waals surface area (Å²) in [4.78, 5) is 12.2. The number of methoxy groups -OCH3 is 2. The van der Waals surface area contributed by atoms with Gasteiger partial charge in [0.2, 0.25) is 5.91 Å². The first-order valence-electron chi connectivity index (χ1n) is 8.15. The molecule has 1 saturated carbocycles. The molecular formula is C18H27NO3. The zero-order valence-electron chi connectivity index (χ0n) is 13.9. The van der Waals surface area contributed by atoms with Gasteiger partial charge in [0.15, 0.2) is 11.5 Å². The molecule has 2 atom stereocenters. The van der Waals surface area contributed by atoms with Crippen LogP contribution < -0.4 is 14.8 Å². The van der Waals surface area contributed by atoms with Gasteiger partial charge >= 0.3 is 0 Å². The Morgan fingerprint density at radius 1 is 1.23 bits per heavy atom. The fourth-order valence-corrected chi connectivity index (χ4v) is 3.21. The summed E-state index contributed by atoms with van der Waals surface area (Å²) in [6, 6.07) is 6.12. The van der Waals surface area contributed by atoms with Gasteiger partial charge in [0, 0.05) is 12.5 Å². The van der Waals surface area contributed by atoms with E-state index in [4.69, 9.17) is 9.47 Å². The van der Waals surface area contributed by atoms with Crippen molar-refractivity contribution in [2.24, 2.45) is 5.92 Å². The normalized spacial score (nSPS) is 21.2. The Labute approximate surface area is 133 Å². The quantitative estimate of drug-likeness (QED) is 0.877. The summed E-state index contributed by atoms with van der Waals surface area (Å²) in [6.45, 7) is 2.23. The molecule has 22 heavy (non-hydrogen) atoms. The summed E-state index contributed by atoms with van der Waals surface area (Å²) >= 11 is 0. The number of hydrogen-bond donors (Lipinski definition) is 1. The molecule has 1 aromatic rings. The van der Waals surface area contributed by atoms with Gasteiger partial charge in [-0.15, -0.1) is 0 Å².